The molecule has 1 fully saturated rings. The van der Waals surface area contributed by atoms with E-state index in [1.807, 2.05) is 0 Å². The molecule has 25 heavy (non-hydrogen) atoms. The molecule has 0 atom stereocenters. The lowest BCUT2D eigenvalue weighted by Crippen LogP contribution is -2.30. The summed E-state index contributed by atoms with van der Waals surface area (Å²) in [6.45, 7) is 3.52. The van der Waals surface area contributed by atoms with E-state index in [9.17, 15) is 18.0 Å². The van der Waals surface area contributed by atoms with E-state index in [-0.39, 0.29) is 31.5 Å². The van der Waals surface area contributed by atoms with Gasteiger partial charge in [-0.15, -0.1) is 0 Å². The molecule has 0 aliphatic heterocycles. The highest BCUT2D eigenvalue weighted by Crippen LogP contribution is 2.38. The van der Waals surface area contributed by atoms with Crippen LogP contribution in [0.25, 0.3) is 0 Å². The second-order valence-electron chi connectivity index (χ2n) is 5.91. The van der Waals surface area contributed by atoms with Crippen LogP contribution < -0.4 is 10.1 Å². The van der Waals surface area contributed by atoms with Crippen LogP contribution in [0, 0.1) is 5.92 Å². The van der Waals surface area contributed by atoms with Crippen molar-refractivity contribution in [3.05, 3.63) is 30.5 Å². The van der Waals surface area contributed by atoms with E-state index >= 15 is 0 Å². The minimum Gasteiger partial charge on any atom is -0.481 e. The van der Waals surface area contributed by atoms with Gasteiger partial charge in [-0.05, 0) is 37.8 Å². The van der Waals surface area contributed by atoms with Crippen LogP contribution in [-0.2, 0) is 16.1 Å². The van der Waals surface area contributed by atoms with Gasteiger partial charge in [-0.3, -0.25) is 4.79 Å². The quantitative estimate of drug-likeness (QED) is 0.785. The lowest BCUT2D eigenvalue weighted by Gasteiger charge is -2.29. The summed E-state index contributed by atoms with van der Waals surface area (Å²) in [6, 6.07) is 1.66. The molecular weight excluding hydrogens is 337 g/mol. The molecule has 1 aliphatic carbocycles. The van der Waals surface area contributed by atoms with Crippen LogP contribution >= 0.6 is 0 Å². The number of pyridine rings is 1. The summed E-state index contributed by atoms with van der Waals surface area (Å²) in [6.07, 6.45) is -0.875. The first-order valence-electron chi connectivity index (χ1n) is 7.98. The predicted molar refractivity (Wildman–Crippen MR) is 86.2 cm³/mol. The van der Waals surface area contributed by atoms with Gasteiger partial charge in [-0.25, -0.2) is 4.98 Å². The first-order chi connectivity index (χ1) is 11.8. The molecule has 0 saturated heterocycles. The van der Waals surface area contributed by atoms with E-state index < -0.39 is 12.1 Å². The third-order valence-corrected chi connectivity index (χ3v) is 4.18. The summed E-state index contributed by atoms with van der Waals surface area (Å²) in [5.74, 6) is -1.26. The van der Waals surface area contributed by atoms with Gasteiger partial charge in [0.2, 0.25) is 11.8 Å². The Kier molecular flexibility index (Phi) is 6.41. The van der Waals surface area contributed by atoms with Gasteiger partial charge in [0, 0.05) is 5.56 Å². The minimum absolute atomic E-state index is 0.0823. The normalized spacial score (nSPS) is 20.8. The van der Waals surface area contributed by atoms with Crippen molar-refractivity contribution in [3.8, 4) is 5.88 Å². The van der Waals surface area contributed by atoms with Crippen molar-refractivity contribution in [1.82, 2.24) is 4.98 Å². The van der Waals surface area contributed by atoms with Gasteiger partial charge < -0.3 is 14.8 Å². The number of nitrogens with one attached hydrogen (secondary N) is 1. The zero-order chi connectivity index (χ0) is 18.4. The Morgan fingerprint density at radius 3 is 2.64 bits per heavy atom. The summed E-state index contributed by atoms with van der Waals surface area (Å²) < 4.78 is 49.0. The van der Waals surface area contributed by atoms with Crippen LogP contribution in [0.5, 0.6) is 5.88 Å². The molecule has 0 aromatic carbocycles. The molecular formula is C17H21F3N2O3. The molecule has 1 aromatic heterocycles. The fraction of sp³-hybridized carbons (Fsp3) is 0.529. The SMILES string of the molecule is C=CC(=O)Nc1cnc(OC)c(COC2CCC(C(F)(F)F)CC2)c1. The summed E-state index contributed by atoms with van der Waals surface area (Å²) in [7, 11) is 1.46. The molecule has 5 nitrogen and oxygen atoms in total. The van der Waals surface area contributed by atoms with Crippen molar-refractivity contribution in [2.24, 2.45) is 5.92 Å². The summed E-state index contributed by atoms with van der Waals surface area (Å²) in [5.41, 5.74) is 1.08. The van der Waals surface area contributed by atoms with Crippen LogP contribution in [0.3, 0.4) is 0 Å². The number of alkyl halides is 3. The third kappa shape index (κ3) is 5.45. The number of ether oxygens (including phenoxy) is 2. The first-order valence-corrected chi connectivity index (χ1v) is 7.98. The number of carbonyl (C=O) groups excluding carboxylic acids is 1. The van der Waals surface area contributed by atoms with Crippen LogP contribution in [0.1, 0.15) is 31.2 Å². The van der Waals surface area contributed by atoms with Gasteiger partial charge >= 0.3 is 6.18 Å². The highest BCUT2D eigenvalue weighted by Gasteiger charge is 2.41. The number of hydrogen-bond donors (Lipinski definition) is 1. The van der Waals surface area contributed by atoms with Crippen LogP contribution in [-0.4, -0.2) is 30.3 Å². The molecule has 1 saturated carbocycles. The number of hydrogen-bond acceptors (Lipinski definition) is 4. The molecule has 0 bridgehead atoms. The Balaban J connectivity index is 1.94. The fourth-order valence-corrected chi connectivity index (χ4v) is 2.81. The van der Waals surface area contributed by atoms with Crippen molar-refractivity contribution >= 4 is 11.6 Å². The lowest BCUT2D eigenvalue weighted by molar-refractivity contribution is -0.188. The Labute approximate surface area is 144 Å². The highest BCUT2D eigenvalue weighted by atomic mass is 19.4. The number of anilines is 1. The standard InChI is InChI=1S/C17H21F3N2O3/c1-3-15(23)22-13-8-11(16(24-2)21-9-13)10-25-14-6-4-12(5-7-14)17(18,19)20/h3,8-9,12,14H,1,4-7,10H2,2H3,(H,22,23). The Bertz CT molecular complexity index is 612. The molecule has 1 N–H and O–H groups in total. The Hall–Kier alpha value is -2.09. The lowest BCUT2D eigenvalue weighted by atomic mass is 9.87. The summed E-state index contributed by atoms with van der Waals surface area (Å²) in [4.78, 5) is 15.4. The van der Waals surface area contributed by atoms with Crippen molar-refractivity contribution in [1.29, 1.82) is 0 Å². The number of amides is 1. The van der Waals surface area contributed by atoms with E-state index in [1.54, 1.807) is 6.07 Å². The number of nitrogens with zero attached hydrogens (tertiary/aromatic N) is 1. The third-order valence-electron chi connectivity index (χ3n) is 4.18. The molecule has 0 radical (unpaired) electrons. The van der Waals surface area contributed by atoms with Crippen molar-refractivity contribution in [3.63, 3.8) is 0 Å². The molecule has 1 aromatic rings. The maximum absolute atomic E-state index is 12.7. The summed E-state index contributed by atoms with van der Waals surface area (Å²) >= 11 is 0. The van der Waals surface area contributed by atoms with Crippen LogP contribution in [0.2, 0.25) is 0 Å². The molecule has 1 aliphatic rings. The molecule has 0 spiro atoms. The fourth-order valence-electron chi connectivity index (χ4n) is 2.81. The predicted octanol–water partition coefficient (Wildman–Crippen LogP) is 3.85. The van der Waals surface area contributed by atoms with Crippen molar-refractivity contribution in [2.75, 3.05) is 12.4 Å². The molecule has 138 valence electrons. The number of methoxy groups -OCH3 is 1. The average molecular weight is 358 g/mol. The molecule has 2 rings (SSSR count). The van der Waals surface area contributed by atoms with E-state index in [0.29, 0.717) is 30.0 Å². The maximum atomic E-state index is 12.7. The molecule has 0 unspecified atom stereocenters. The number of rotatable bonds is 6. The van der Waals surface area contributed by atoms with Crippen LogP contribution in [0.15, 0.2) is 24.9 Å². The van der Waals surface area contributed by atoms with Gasteiger partial charge in [0.15, 0.2) is 0 Å². The van der Waals surface area contributed by atoms with Gasteiger partial charge in [0.25, 0.3) is 0 Å². The van der Waals surface area contributed by atoms with Gasteiger partial charge in [0.1, 0.15) is 0 Å². The molecule has 1 heterocycles. The second-order valence-corrected chi connectivity index (χ2v) is 5.91. The Morgan fingerprint density at radius 2 is 2.08 bits per heavy atom. The molecule has 8 heteroatoms. The topological polar surface area (TPSA) is 60.5 Å². The van der Waals surface area contributed by atoms with Crippen molar-refractivity contribution < 1.29 is 27.4 Å². The second kappa shape index (κ2) is 8.33. The van der Waals surface area contributed by atoms with Crippen molar-refractivity contribution in [2.45, 2.75) is 44.6 Å². The number of aromatic nitrogens is 1. The summed E-state index contributed by atoms with van der Waals surface area (Å²) in [5, 5.41) is 2.59. The van der Waals surface area contributed by atoms with Gasteiger partial charge in [0.05, 0.1) is 37.6 Å². The van der Waals surface area contributed by atoms with Gasteiger partial charge in [-0.2, -0.15) is 13.2 Å². The van der Waals surface area contributed by atoms with E-state index in [1.165, 1.54) is 13.3 Å². The monoisotopic (exact) mass is 358 g/mol. The maximum Gasteiger partial charge on any atom is 0.391 e. The largest absolute Gasteiger partial charge is 0.481 e. The van der Waals surface area contributed by atoms with Crippen LogP contribution in [0.4, 0.5) is 18.9 Å². The van der Waals surface area contributed by atoms with E-state index in [4.69, 9.17) is 9.47 Å². The first kappa shape index (κ1) is 19.2. The number of halogens is 3. The smallest absolute Gasteiger partial charge is 0.391 e. The number of carbonyl (C=O) groups is 1. The molecule has 1 amide bonds. The highest BCUT2D eigenvalue weighted by molar-refractivity contribution is 5.98. The van der Waals surface area contributed by atoms with E-state index in [0.717, 1.165) is 6.08 Å². The zero-order valence-electron chi connectivity index (χ0n) is 13.9. The Morgan fingerprint density at radius 1 is 1.40 bits per heavy atom. The average Bonchev–Trinajstić information content (AvgIpc) is 2.59. The van der Waals surface area contributed by atoms with Gasteiger partial charge in [-0.1, -0.05) is 6.58 Å². The minimum atomic E-state index is -4.13. The zero-order valence-corrected chi connectivity index (χ0v) is 13.9. The van der Waals surface area contributed by atoms with E-state index in [2.05, 4.69) is 16.9 Å².